The predicted molar refractivity (Wildman–Crippen MR) is 79.0 cm³/mol. The maximum atomic E-state index is 12.3. The number of hydrogen-bond donors (Lipinski definition) is 1. The smallest absolute Gasteiger partial charge is 0.246 e. The molecule has 106 valence electrons. The quantitative estimate of drug-likeness (QED) is 0.919. The van der Waals surface area contributed by atoms with Crippen molar-refractivity contribution in [2.24, 2.45) is 5.73 Å². The van der Waals surface area contributed by atoms with Gasteiger partial charge in [0.2, 0.25) is 5.91 Å². The van der Waals surface area contributed by atoms with Gasteiger partial charge in [0, 0.05) is 19.3 Å². The van der Waals surface area contributed by atoms with Crippen LogP contribution in [-0.2, 0) is 16.0 Å². The zero-order valence-electron chi connectivity index (χ0n) is 11.4. The first-order valence-electron chi connectivity index (χ1n) is 6.29. The lowest BCUT2D eigenvalue weighted by atomic mass is 9.99. The predicted octanol–water partition coefficient (Wildman–Crippen LogP) is 1.67. The maximum Gasteiger partial charge on any atom is 0.246 e. The molecule has 1 amide bonds. The van der Waals surface area contributed by atoms with E-state index in [1.54, 1.807) is 12.0 Å². The van der Waals surface area contributed by atoms with Gasteiger partial charge in [-0.2, -0.15) is 0 Å². The van der Waals surface area contributed by atoms with Crippen molar-refractivity contribution in [2.75, 3.05) is 25.2 Å². The molecule has 0 spiro atoms. The van der Waals surface area contributed by atoms with Crippen LogP contribution in [0.5, 0.6) is 0 Å². The van der Waals surface area contributed by atoms with Crippen molar-refractivity contribution in [3.8, 4) is 0 Å². The van der Waals surface area contributed by atoms with Crippen LogP contribution in [0.25, 0.3) is 0 Å². The molecule has 4 nitrogen and oxygen atoms in total. The molecule has 5 heteroatoms. The molecule has 1 heterocycles. The van der Waals surface area contributed by atoms with Gasteiger partial charge in [0.1, 0.15) is 6.04 Å². The lowest BCUT2D eigenvalue weighted by Crippen LogP contribution is -2.48. The van der Waals surface area contributed by atoms with Gasteiger partial charge in [-0.15, -0.1) is 12.4 Å². The van der Waals surface area contributed by atoms with Crippen LogP contribution in [0.15, 0.2) is 18.2 Å². The minimum atomic E-state index is -0.581. The van der Waals surface area contributed by atoms with E-state index in [1.165, 1.54) is 11.1 Å². The summed E-state index contributed by atoms with van der Waals surface area (Å²) in [7, 11) is 1.56. The Morgan fingerprint density at radius 3 is 2.95 bits per heavy atom. The first kappa shape index (κ1) is 16.0. The molecular formula is C14H21ClN2O2. The van der Waals surface area contributed by atoms with Crippen LogP contribution in [0.3, 0.4) is 0 Å². The summed E-state index contributed by atoms with van der Waals surface area (Å²) in [4.78, 5) is 14.1. The highest BCUT2D eigenvalue weighted by molar-refractivity contribution is 5.98. The van der Waals surface area contributed by atoms with Crippen LogP contribution in [-0.4, -0.2) is 32.2 Å². The number of rotatable bonds is 3. The molecule has 0 saturated heterocycles. The number of anilines is 1. The van der Waals surface area contributed by atoms with Crippen LogP contribution in [0, 0.1) is 6.92 Å². The summed E-state index contributed by atoms with van der Waals surface area (Å²) in [6.07, 6.45) is 2.02. The van der Waals surface area contributed by atoms with E-state index in [0.717, 1.165) is 25.1 Å². The lowest BCUT2D eigenvalue weighted by molar-refractivity contribution is -0.121. The Morgan fingerprint density at radius 1 is 1.53 bits per heavy atom. The summed E-state index contributed by atoms with van der Waals surface area (Å²) in [6, 6.07) is 5.62. The standard InChI is InChI=1S/C14H20N2O2.ClH/c1-10-5-6-13-11(8-10)4-3-7-16(13)14(17)12(15)9-18-2;/h5-6,8,12H,3-4,7,9,15H2,1-2H3;1H. The minimum absolute atomic E-state index is 0. The van der Waals surface area contributed by atoms with Crippen LogP contribution < -0.4 is 10.6 Å². The highest BCUT2D eigenvalue weighted by Crippen LogP contribution is 2.28. The Balaban J connectivity index is 0.00000180. The molecule has 1 unspecified atom stereocenters. The molecule has 0 fully saturated rings. The van der Waals surface area contributed by atoms with E-state index in [9.17, 15) is 4.79 Å². The molecule has 0 aromatic heterocycles. The SMILES string of the molecule is COCC(N)C(=O)N1CCCc2cc(C)ccc21.Cl. The fraction of sp³-hybridized carbons (Fsp3) is 0.500. The van der Waals surface area contributed by atoms with Crippen LogP contribution >= 0.6 is 12.4 Å². The van der Waals surface area contributed by atoms with Crippen molar-refractivity contribution >= 4 is 24.0 Å². The van der Waals surface area contributed by atoms with Gasteiger partial charge < -0.3 is 15.4 Å². The molecule has 1 aliphatic rings. The van der Waals surface area contributed by atoms with Crippen molar-refractivity contribution in [1.82, 2.24) is 0 Å². The first-order valence-corrected chi connectivity index (χ1v) is 6.29. The van der Waals surface area contributed by atoms with Crippen molar-refractivity contribution in [1.29, 1.82) is 0 Å². The van der Waals surface area contributed by atoms with Crippen molar-refractivity contribution in [2.45, 2.75) is 25.8 Å². The molecule has 1 aromatic rings. The van der Waals surface area contributed by atoms with Crippen molar-refractivity contribution < 1.29 is 9.53 Å². The van der Waals surface area contributed by atoms with Crippen molar-refractivity contribution in [3.63, 3.8) is 0 Å². The topological polar surface area (TPSA) is 55.6 Å². The number of nitrogens with zero attached hydrogens (tertiary/aromatic N) is 1. The monoisotopic (exact) mass is 284 g/mol. The van der Waals surface area contributed by atoms with Gasteiger partial charge in [0.05, 0.1) is 6.61 Å². The number of nitrogens with two attached hydrogens (primary N) is 1. The maximum absolute atomic E-state index is 12.3. The zero-order valence-corrected chi connectivity index (χ0v) is 12.2. The third-order valence-electron chi connectivity index (χ3n) is 3.28. The highest BCUT2D eigenvalue weighted by atomic mass is 35.5. The second kappa shape index (κ2) is 6.89. The Morgan fingerprint density at radius 2 is 2.26 bits per heavy atom. The first-order chi connectivity index (χ1) is 8.63. The fourth-order valence-corrected chi connectivity index (χ4v) is 2.41. The van der Waals surface area contributed by atoms with Crippen molar-refractivity contribution in [3.05, 3.63) is 29.3 Å². The number of hydrogen-bond acceptors (Lipinski definition) is 3. The molecule has 2 N–H and O–H groups in total. The van der Waals surface area contributed by atoms with E-state index in [4.69, 9.17) is 10.5 Å². The zero-order chi connectivity index (χ0) is 13.1. The normalized spacial score (nSPS) is 15.4. The van der Waals surface area contributed by atoms with E-state index in [2.05, 4.69) is 13.0 Å². The number of benzene rings is 1. The summed E-state index contributed by atoms with van der Waals surface area (Å²) in [5.74, 6) is -0.0540. The number of ether oxygens (including phenoxy) is 1. The molecule has 2 rings (SSSR count). The molecule has 1 atom stereocenters. The van der Waals surface area contributed by atoms with Gasteiger partial charge >= 0.3 is 0 Å². The van der Waals surface area contributed by atoms with Crippen LogP contribution in [0.2, 0.25) is 0 Å². The third kappa shape index (κ3) is 3.47. The second-order valence-electron chi connectivity index (χ2n) is 4.79. The Hall–Kier alpha value is -1.10. The molecule has 0 radical (unpaired) electrons. The number of halogens is 1. The fourth-order valence-electron chi connectivity index (χ4n) is 2.41. The molecule has 0 saturated carbocycles. The summed E-state index contributed by atoms with van der Waals surface area (Å²) in [5, 5.41) is 0. The van der Waals surface area contributed by atoms with E-state index < -0.39 is 6.04 Å². The molecule has 0 aliphatic carbocycles. The van der Waals surface area contributed by atoms with Gasteiger partial charge in [0.25, 0.3) is 0 Å². The summed E-state index contributed by atoms with van der Waals surface area (Å²) < 4.78 is 4.95. The number of carbonyl (C=O) groups is 1. The average molecular weight is 285 g/mol. The van der Waals surface area contributed by atoms with Crippen LogP contribution in [0.4, 0.5) is 5.69 Å². The molecular weight excluding hydrogens is 264 g/mol. The van der Waals surface area contributed by atoms with E-state index >= 15 is 0 Å². The summed E-state index contributed by atoms with van der Waals surface area (Å²) >= 11 is 0. The molecule has 19 heavy (non-hydrogen) atoms. The Bertz CT molecular complexity index is 451. The molecule has 1 aromatic carbocycles. The number of fused-ring (bicyclic) bond motifs is 1. The average Bonchev–Trinajstić information content (AvgIpc) is 2.37. The summed E-state index contributed by atoms with van der Waals surface area (Å²) in [6.45, 7) is 3.07. The minimum Gasteiger partial charge on any atom is -0.383 e. The number of carbonyl (C=O) groups excluding carboxylic acids is 1. The molecule has 1 aliphatic heterocycles. The highest BCUT2D eigenvalue weighted by Gasteiger charge is 2.26. The van der Waals surface area contributed by atoms with Gasteiger partial charge in [-0.25, -0.2) is 0 Å². The lowest BCUT2D eigenvalue weighted by Gasteiger charge is -2.31. The largest absolute Gasteiger partial charge is 0.383 e. The number of methoxy groups -OCH3 is 1. The Kier molecular flexibility index (Phi) is 5.79. The third-order valence-corrected chi connectivity index (χ3v) is 3.28. The summed E-state index contributed by atoms with van der Waals surface area (Å²) in [5.41, 5.74) is 9.29. The Labute approximate surface area is 120 Å². The number of amides is 1. The van der Waals surface area contributed by atoms with E-state index in [1.807, 2.05) is 12.1 Å². The van der Waals surface area contributed by atoms with E-state index in [-0.39, 0.29) is 24.9 Å². The van der Waals surface area contributed by atoms with Gasteiger partial charge in [0.15, 0.2) is 0 Å². The number of aryl methyl sites for hydroxylation is 2. The van der Waals surface area contributed by atoms with Crippen LogP contribution in [0.1, 0.15) is 17.5 Å². The van der Waals surface area contributed by atoms with Gasteiger partial charge in [-0.1, -0.05) is 17.7 Å². The van der Waals surface area contributed by atoms with Gasteiger partial charge in [-0.05, 0) is 31.4 Å². The molecule has 0 bridgehead atoms. The van der Waals surface area contributed by atoms with E-state index in [0.29, 0.717) is 0 Å². The van der Waals surface area contributed by atoms with Gasteiger partial charge in [-0.3, -0.25) is 4.79 Å². The second-order valence-corrected chi connectivity index (χ2v) is 4.79.